The molecule has 1 atom stereocenters. The topological polar surface area (TPSA) is 126 Å². The average molecular weight is 354 g/mol. The molecule has 2 aliphatic heterocycles. The highest BCUT2D eigenvalue weighted by Gasteiger charge is 2.36. The van der Waals surface area contributed by atoms with Crippen LogP contribution in [0.4, 0.5) is 4.39 Å². The van der Waals surface area contributed by atoms with E-state index in [4.69, 9.17) is 15.7 Å². The quantitative estimate of drug-likeness (QED) is 0.825. The minimum atomic E-state index is -1.06. The van der Waals surface area contributed by atoms with E-state index in [0.717, 1.165) is 0 Å². The molecule has 0 bridgehead atoms. The van der Waals surface area contributed by atoms with Gasteiger partial charge in [-0.05, 0) is 24.3 Å². The molecule has 1 aromatic rings. The van der Waals surface area contributed by atoms with Crippen molar-refractivity contribution in [2.45, 2.75) is 6.42 Å². The third-order valence-electron chi connectivity index (χ3n) is 4.00. The first-order valence-corrected chi connectivity index (χ1v) is 7.76. The number of hydrogen-bond donors (Lipinski definition) is 2. The Morgan fingerprint density at radius 2 is 2.27 bits per heavy atom. The molecule has 1 unspecified atom stereocenters. The Kier molecular flexibility index (Phi) is 4.75. The SMILES string of the molecule is N#Cc1ccc(C(=O)NC2=CC=C(F)C3(C=N2)CCOC(N)=NC3)nc1. The number of carbonyl (C=O) groups excluding carboxylic acids is 1. The Labute approximate surface area is 148 Å². The smallest absolute Gasteiger partial charge is 0.281 e. The summed E-state index contributed by atoms with van der Waals surface area (Å²) in [6.45, 7) is 0.274. The molecule has 8 nitrogen and oxygen atoms in total. The van der Waals surface area contributed by atoms with Gasteiger partial charge in [-0.1, -0.05) is 0 Å². The standard InChI is InChI=1S/C17H15FN6O2/c18-13-3-4-14(22-9-17(13)5-6-26-16(20)23-10-17)24-15(25)12-2-1-11(7-19)8-21-12/h1-4,8-9H,5-6,10H2,(H2,20,23)(H,24,25). The molecule has 0 saturated carbocycles. The number of halogens is 1. The van der Waals surface area contributed by atoms with Crippen LogP contribution >= 0.6 is 0 Å². The molecule has 3 N–H and O–H groups in total. The summed E-state index contributed by atoms with van der Waals surface area (Å²) in [6, 6.07) is 4.84. The summed E-state index contributed by atoms with van der Waals surface area (Å²) in [4.78, 5) is 24.3. The summed E-state index contributed by atoms with van der Waals surface area (Å²) in [5.74, 6) is -0.798. The van der Waals surface area contributed by atoms with Crippen LogP contribution in [0.2, 0.25) is 0 Å². The largest absolute Gasteiger partial charge is 0.465 e. The van der Waals surface area contributed by atoms with Gasteiger partial charge in [0.05, 0.1) is 24.1 Å². The zero-order chi connectivity index (χ0) is 18.6. The number of nitriles is 1. The number of nitrogens with two attached hydrogens (primary N) is 1. The number of nitrogens with one attached hydrogen (secondary N) is 1. The van der Waals surface area contributed by atoms with Crippen LogP contribution in [0.3, 0.4) is 0 Å². The number of allylic oxidation sites excluding steroid dienone is 2. The molecule has 1 spiro atoms. The zero-order valence-corrected chi connectivity index (χ0v) is 13.6. The number of amides is 1. The van der Waals surface area contributed by atoms with Crippen molar-refractivity contribution in [2.24, 2.45) is 21.1 Å². The van der Waals surface area contributed by atoms with Crippen molar-refractivity contribution >= 4 is 18.1 Å². The molecule has 26 heavy (non-hydrogen) atoms. The van der Waals surface area contributed by atoms with Crippen molar-refractivity contribution < 1.29 is 13.9 Å². The van der Waals surface area contributed by atoms with E-state index in [1.165, 1.54) is 36.7 Å². The average Bonchev–Trinajstić information content (AvgIpc) is 2.94. The van der Waals surface area contributed by atoms with Gasteiger partial charge < -0.3 is 15.8 Å². The highest BCUT2D eigenvalue weighted by molar-refractivity contribution is 5.93. The molecule has 3 rings (SSSR count). The second kappa shape index (κ2) is 7.14. The molecule has 3 heterocycles. The second-order valence-corrected chi connectivity index (χ2v) is 5.73. The summed E-state index contributed by atoms with van der Waals surface area (Å²) in [5, 5.41) is 11.3. The molecular formula is C17H15FN6O2. The first-order valence-electron chi connectivity index (χ1n) is 7.76. The van der Waals surface area contributed by atoms with E-state index in [1.807, 2.05) is 6.07 Å². The summed E-state index contributed by atoms with van der Waals surface area (Å²) in [5.41, 5.74) is 4.93. The van der Waals surface area contributed by atoms with Crippen molar-refractivity contribution in [1.29, 1.82) is 5.26 Å². The molecule has 1 amide bonds. The van der Waals surface area contributed by atoms with Crippen LogP contribution in [-0.2, 0) is 4.74 Å². The van der Waals surface area contributed by atoms with Gasteiger partial charge in [0.25, 0.3) is 11.9 Å². The first-order chi connectivity index (χ1) is 12.5. The summed E-state index contributed by atoms with van der Waals surface area (Å²) in [6.07, 6.45) is 5.62. The van der Waals surface area contributed by atoms with E-state index in [2.05, 4.69) is 20.3 Å². The molecule has 9 heteroatoms. The molecule has 0 radical (unpaired) electrons. The molecule has 0 aliphatic carbocycles. The van der Waals surface area contributed by atoms with Gasteiger partial charge in [0, 0.05) is 18.8 Å². The predicted molar refractivity (Wildman–Crippen MR) is 91.7 cm³/mol. The van der Waals surface area contributed by atoms with Crippen LogP contribution in [0.15, 0.2) is 52.1 Å². The second-order valence-electron chi connectivity index (χ2n) is 5.73. The Morgan fingerprint density at radius 3 is 3.00 bits per heavy atom. The summed E-state index contributed by atoms with van der Waals surface area (Å²) in [7, 11) is 0. The fourth-order valence-electron chi connectivity index (χ4n) is 2.45. The lowest BCUT2D eigenvalue weighted by atomic mass is 9.84. The van der Waals surface area contributed by atoms with Crippen molar-refractivity contribution in [1.82, 2.24) is 10.3 Å². The van der Waals surface area contributed by atoms with E-state index in [-0.39, 0.29) is 30.7 Å². The lowest BCUT2D eigenvalue weighted by Crippen LogP contribution is -2.28. The summed E-state index contributed by atoms with van der Waals surface area (Å²) >= 11 is 0. The van der Waals surface area contributed by atoms with Gasteiger partial charge in [0.2, 0.25) is 0 Å². The third-order valence-corrected chi connectivity index (χ3v) is 4.00. The molecule has 0 aromatic carbocycles. The molecule has 1 aromatic heterocycles. The normalized spacial score (nSPS) is 22.1. The van der Waals surface area contributed by atoms with E-state index in [0.29, 0.717) is 12.0 Å². The predicted octanol–water partition coefficient (Wildman–Crippen LogP) is 1.18. The van der Waals surface area contributed by atoms with Gasteiger partial charge in [-0.25, -0.2) is 19.4 Å². The van der Waals surface area contributed by atoms with Crippen LogP contribution in [-0.4, -0.2) is 36.3 Å². The van der Waals surface area contributed by atoms with Gasteiger partial charge in [0.15, 0.2) is 0 Å². The van der Waals surface area contributed by atoms with Crippen LogP contribution in [0.1, 0.15) is 22.5 Å². The number of pyridine rings is 1. The molecular weight excluding hydrogens is 339 g/mol. The Morgan fingerprint density at radius 1 is 1.42 bits per heavy atom. The van der Waals surface area contributed by atoms with Gasteiger partial charge >= 0.3 is 0 Å². The van der Waals surface area contributed by atoms with Gasteiger partial charge in [-0.15, -0.1) is 0 Å². The number of nitrogens with zero attached hydrogens (tertiary/aromatic N) is 4. The third kappa shape index (κ3) is 3.59. The van der Waals surface area contributed by atoms with Crippen molar-refractivity contribution in [3.05, 3.63) is 53.4 Å². The monoisotopic (exact) mass is 354 g/mol. The molecule has 0 saturated heterocycles. The molecule has 0 fully saturated rings. The number of hydrogen-bond acceptors (Lipinski definition) is 7. The lowest BCUT2D eigenvalue weighted by Gasteiger charge is -2.23. The highest BCUT2D eigenvalue weighted by Crippen LogP contribution is 2.34. The number of rotatable bonds is 2. The number of amidine groups is 1. The number of aromatic nitrogens is 1. The zero-order valence-electron chi connectivity index (χ0n) is 13.6. The lowest BCUT2D eigenvalue weighted by molar-refractivity contribution is 0.0960. The minimum absolute atomic E-state index is 0.0145. The maximum Gasteiger partial charge on any atom is 0.281 e. The van der Waals surface area contributed by atoms with E-state index < -0.39 is 17.1 Å². The Hall–Kier alpha value is -3.54. The Bertz CT molecular complexity index is 882. The van der Waals surface area contributed by atoms with Crippen molar-refractivity contribution in [3.8, 4) is 6.07 Å². The van der Waals surface area contributed by atoms with Crippen molar-refractivity contribution in [2.75, 3.05) is 13.2 Å². The first kappa shape index (κ1) is 17.3. The molecule has 132 valence electrons. The summed E-state index contributed by atoms with van der Waals surface area (Å²) < 4.78 is 19.8. The van der Waals surface area contributed by atoms with Crippen LogP contribution < -0.4 is 11.1 Å². The molecule has 2 aliphatic rings. The fourth-order valence-corrected chi connectivity index (χ4v) is 2.45. The Balaban J connectivity index is 1.77. The minimum Gasteiger partial charge on any atom is -0.465 e. The van der Waals surface area contributed by atoms with Crippen LogP contribution in [0.25, 0.3) is 0 Å². The van der Waals surface area contributed by atoms with Gasteiger partial charge in [-0.2, -0.15) is 5.26 Å². The van der Waals surface area contributed by atoms with E-state index >= 15 is 0 Å². The van der Waals surface area contributed by atoms with Gasteiger partial charge in [-0.3, -0.25) is 4.79 Å². The van der Waals surface area contributed by atoms with Crippen LogP contribution in [0, 0.1) is 16.7 Å². The number of carbonyl (C=O) groups is 1. The van der Waals surface area contributed by atoms with E-state index in [1.54, 1.807) is 0 Å². The van der Waals surface area contributed by atoms with Gasteiger partial charge in [0.1, 0.15) is 23.4 Å². The number of aliphatic imine (C=N–C) groups is 2. The van der Waals surface area contributed by atoms with Crippen LogP contribution in [0.5, 0.6) is 0 Å². The fraction of sp³-hybridized carbons (Fsp3) is 0.235. The number of ether oxygens (including phenoxy) is 1. The maximum absolute atomic E-state index is 14.6. The maximum atomic E-state index is 14.6. The van der Waals surface area contributed by atoms with E-state index in [9.17, 15) is 9.18 Å². The van der Waals surface area contributed by atoms with Crippen molar-refractivity contribution in [3.63, 3.8) is 0 Å². The highest BCUT2D eigenvalue weighted by atomic mass is 19.1.